The molecule has 0 radical (unpaired) electrons. The van der Waals surface area contributed by atoms with E-state index in [1.54, 1.807) is 48.8 Å². The quantitative estimate of drug-likeness (QED) is 0.514. The summed E-state index contributed by atoms with van der Waals surface area (Å²) in [6.07, 6.45) is 4.25. The number of anilines is 1. The van der Waals surface area contributed by atoms with Gasteiger partial charge in [0.2, 0.25) is 0 Å². The summed E-state index contributed by atoms with van der Waals surface area (Å²) in [4.78, 5) is 34.3. The number of para-hydroxylation sites is 1. The molecule has 5 nitrogen and oxygen atoms in total. The van der Waals surface area contributed by atoms with Crippen molar-refractivity contribution in [1.82, 2.24) is 9.88 Å². The fraction of sp³-hybridized carbons (Fsp3) is 0.160. The van der Waals surface area contributed by atoms with Crippen LogP contribution in [0.5, 0.6) is 0 Å². The van der Waals surface area contributed by atoms with Crippen LogP contribution in [0.3, 0.4) is 0 Å². The number of hydrogen-bond donors (Lipinski definition) is 0. The number of pyridine rings is 1. The maximum absolute atomic E-state index is 13.5. The van der Waals surface area contributed by atoms with Gasteiger partial charge in [-0.15, -0.1) is 0 Å². The lowest BCUT2D eigenvalue weighted by atomic mass is 10.0. The van der Waals surface area contributed by atoms with Crippen molar-refractivity contribution in [2.45, 2.75) is 13.3 Å². The minimum atomic E-state index is -0.323. The first-order chi connectivity index (χ1) is 15.1. The number of nitrogens with zero attached hydrogens (tertiary/aromatic N) is 3. The van der Waals surface area contributed by atoms with Gasteiger partial charge in [-0.2, -0.15) is 0 Å². The van der Waals surface area contributed by atoms with Gasteiger partial charge in [0.1, 0.15) is 5.70 Å². The van der Waals surface area contributed by atoms with Crippen LogP contribution in [0.1, 0.15) is 18.1 Å². The highest BCUT2D eigenvalue weighted by molar-refractivity contribution is 6.45. The summed E-state index contributed by atoms with van der Waals surface area (Å²) in [6, 6.07) is 20.0. The van der Waals surface area contributed by atoms with Crippen molar-refractivity contribution in [2.24, 2.45) is 0 Å². The number of imide groups is 1. The van der Waals surface area contributed by atoms with Crippen molar-refractivity contribution in [3.8, 4) is 0 Å². The molecule has 1 aromatic heterocycles. The summed E-state index contributed by atoms with van der Waals surface area (Å²) >= 11 is 6.06. The Morgan fingerprint density at radius 2 is 1.58 bits per heavy atom. The number of hydrogen-bond acceptors (Lipinski definition) is 4. The van der Waals surface area contributed by atoms with Gasteiger partial charge in [0.05, 0.1) is 11.3 Å². The lowest BCUT2D eigenvalue weighted by Gasteiger charge is -2.25. The van der Waals surface area contributed by atoms with Crippen molar-refractivity contribution < 1.29 is 9.59 Å². The van der Waals surface area contributed by atoms with E-state index in [1.807, 2.05) is 42.2 Å². The van der Waals surface area contributed by atoms with Gasteiger partial charge in [-0.05, 0) is 60.9 Å². The van der Waals surface area contributed by atoms with Crippen molar-refractivity contribution in [3.05, 3.63) is 101 Å². The van der Waals surface area contributed by atoms with Crippen LogP contribution < -0.4 is 4.90 Å². The second kappa shape index (κ2) is 9.14. The van der Waals surface area contributed by atoms with Crippen LogP contribution in [0.2, 0.25) is 5.02 Å². The molecule has 0 unspecified atom stereocenters. The fourth-order valence-corrected chi connectivity index (χ4v) is 3.87. The Hall–Kier alpha value is -3.44. The van der Waals surface area contributed by atoms with Crippen LogP contribution in [0.15, 0.2) is 84.8 Å². The van der Waals surface area contributed by atoms with E-state index in [-0.39, 0.29) is 11.8 Å². The molecule has 31 heavy (non-hydrogen) atoms. The van der Waals surface area contributed by atoms with Crippen molar-refractivity contribution in [2.75, 3.05) is 18.0 Å². The van der Waals surface area contributed by atoms with E-state index in [1.165, 1.54) is 4.90 Å². The number of rotatable bonds is 7. The molecule has 3 aromatic rings. The molecule has 1 aliphatic rings. The van der Waals surface area contributed by atoms with Gasteiger partial charge in [-0.1, -0.05) is 41.9 Å². The Balaban J connectivity index is 1.75. The molecule has 0 bridgehead atoms. The topological polar surface area (TPSA) is 53.5 Å². The number of carbonyl (C=O) groups excluding carboxylic acids is 2. The van der Waals surface area contributed by atoms with E-state index in [9.17, 15) is 9.59 Å². The van der Waals surface area contributed by atoms with E-state index in [2.05, 4.69) is 4.98 Å². The van der Waals surface area contributed by atoms with Crippen LogP contribution in [0.25, 0.3) is 5.57 Å². The lowest BCUT2D eigenvalue weighted by Crippen LogP contribution is -2.36. The molecule has 0 atom stereocenters. The maximum atomic E-state index is 13.5. The number of carbonyl (C=O) groups is 2. The Morgan fingerprint density at radius 1 is 0.903 bits per heavy atom. The van der Waals surface area contributed by atoms with E-state index < -0.39 is 0 Å². The fourth-order valence-electron chi connectivity index (χ4n) is 3.74. The van der Waals surface area contributed by atoms with Crippen LogP contribution >= 0.6 is 11.6 Å². The average Bonchev–Trinajstić information content (AvgIpc) is 3.06. The lowest BCUT2D eigenvalue weighted by molar-refractivity contribution is -0.120. The number of likely N-dealkylation sites (N-methyl/N-ethyl adjacent to an activating group) is 1. The molecule has 156 valence electrons. The van der Waals surface area contributed by atoms with Crippen LogP contribution in [0.4, 0.5) is 5.69 Å². The number of halogens is 1. The molecule has 6 heteroatoms. The van der Waals surface area contributed by atoms with E-state index in [0.717, 1.165) is 12.0 Å². The third-order valence-electron chi connectivity index (χ3n) is 5.32. The highest BCUT2D eigenvalue weighted by atomic mass is 35.5. The second-order valence-electron chi connectivity index (χ2n) is 7.20. The smallest absolute Gasteiger partial charge is 0.282 e. The highest BCUT2D eigenvalue weighted by Crippen LogP contribution is 2.35. The van der Waals surface area contributed by atoms with Gasteiger partial charge in [-0.25, -0.2) is 4.90 Å². The monoisotopic (exact) mass is 431 g/mol. The first-order valence-electron chi connectivity index (χ1n) is 10.2. The molecule has 0 spiro atoms. The summed E-state index contributed by atoms with van der Waals surface area (Å²) in [7, 11) is 0. The molecule has 2 amide bonds. The zero-order valence-corrected chi connectivity index (χ0v) is 17.9. The normalized spacial score (nSPS) is 13.8. The van der Waals surface area contributed by atoms with Crippen LogP contribution in [0, 0.1) is 0 Å². The van der Waals surface area contributed by atoms with Crippen LogP contribution in [-0.2, 0) is 16.0 Å². The minimum absolute atomic E-state index is 0.308. The van der Waals surface area contributed by atoms with Gasteiger partial charge in [0.15, 0.2) is 0 Å². The molecule has 1 aliphatic heterocycles. The Labute approximate surface area is 186 Å². The summed E-state index contributed by atoms with van der Waals surface area (Å²) < 4.78 is 0. The molecule has 0 saturated heterocycles. The third kappa shape index (κ3) is 4.23. The van der Waals surface area contributed by atoms with E-state index in [0.29, 0.717) is 40.6 Å². The minimum Gasteiger partial charge on any atom is -0.366 e. The maximum Gasteiger partial charge on any atom is 0.282 e. The number of aromatic nitrogens is 1. The predicted molar refractivity (Wildman–Crippen MR) is 122 cm³/mol. The highest BCUT2D eigenvalue weighted by Gasteiger charge is 2.42. The predicted octanol–water partition coefficient (Wildman–Crippen LogP) is 4.58. The van der Waals surface area contributed by atoms with Gasteiger partial charge >= 0.3 is 0 Å². The average molecular weight is 432 g/mol. The summed E-state index contributed by atoms with van der Waals surface area (Å²) in [5.74, 6) is -0.631. The first-order valence-corrected chi connectivity index (χ1v) is 10.6. The Bertz CT molecular complexity index is 1110. The molecule has 0 saturated carbocycles. The van der Waals surface area contributed by atoms with E-state index in [4.69, 9.17) is 11.6 Å². The molecule has 4 rings (SSSR count). The van der Waals surface area contributed by atoms with Gasteiger partial charge in [0.25, 0.3) is 11.8 Å². The first kappa shape index (κ1) is 20.8. The van der Waals surface area contributed by atoms with Gasteiger partial charge < -0.3 is 4.90 Å². The number of benzene rings is 2. The van der Waals surface area contributed by atoms with Crippen molar-refractivity contribution in [1.29, 1.82) is 0 Å². The molecule has 0 aliphatic carbocycles. The molecule has 2 aromatic carbocycles. The summed E-state index contributed by atoms with van der Waals surface area (Å²) in [5, 5.41) is 0.577. The standard InChI is InChI=1S/C25H22ClN3O2/c1-2-28(17-14-18-12-15-27-16-13-18)23-22(19-8-10-20(26)11-9-19)24(30)29(25(23)31)21-6-4-3-5-7-21/h3-13,15-16H,2,14,17H2,1H3. The summed E-state index contributed by atoms with van der Waals surface area (Å²) in [6.45, 7) is 3.19. The molecular weight excluding hydrogens is 410 g/mol. The molecule has 0 fully saturated rings. The van der Waals surface area contributed by atoms with Gasteiger partial charge in [-0.3, -0.25) is 14.6 Å². The Kier molecular flexibility index (Phi) is 6.14. The second-order valence-corrected chi connectivity index (χ2v) is 7.63. The van der Waals surface area contributed by atoms with E-state index >= 15 is 0 Å². The Morgan fingerprint density at radius 3 is 2.23 bits per heavy atom. The zero-order chi connectivity index (χ0) is 21.8. The molecular formula is C25H22ClN3O2. The van der Waals surface area contributed by atoms with Gasteiger partial charge in [0, 0.05) is 30.5 Å². The molecule has 0 N–H and O–H groups in total. The SMILES string of the molecule is CCN(CCc1ccncc1)C1=C(c2ccc(Cl)cc2)C(=O)N(c2ccccc2)C1=O. The molecule has 2 heterocycles. The van der Waals surface area contributed by atoms with Crippen molar-refractivity contribution in [3.63, 3.8) is 0 Å². The third-order valence-corrected chi connectivity index (χ3v) is 5.58. The number of amides is 2. The van der Waals surface area contributed by atoms with Crippen molar-refractivity contribution >= 4 is 34.7 Å². The largest absolute Gasteiger partial charge is 0.366 e. The van der Waals surface area contributed by atoms with Crippen LogP contribution in [-0.4, -0.2) is 34.8 Å². The summed E-state index contributed by atoms with van der Waals surface area (Å²) in [5.41, 5.74) is 3.19. The zero-order valence-electron chi connectivity index (χ0n) is 17.2.